The smallest absolute Gasteiger partial charge is 0.318 e. The van der Waals surface area contributed by atoms with Crippen molar-refractivity contribution in [2.45, 2.75) is 19.8 Å². The van der Waals surface area contributed by atoms with Gasteiger partial charge in [0.2, 0.25) is 5.89 Å². The molecule has 1 aromatic heterocycles. The van der Waals surface area contributed by atoms with Crippen LogP contribution in [0.25, 0.3) is 0 Å². The van der Waals surface area contributed by atoms with E-state index in [0.29, 0.717) is 12.6 Å². The molecule has 0 bridgehead atoms. The molecule has 0 N–H and O–H groups in total. The van der Waals surface area contributed by atoms with E-state index >= 15 is 0 Å². The van der Waals surface area contributed by atoms with Gasteiger partial charge in [-0.3, -0.25) is 4.79 Å². The molecule has 0 fully saturated rings. The van der Waals surface area contributed by atoms with Crippen molar-refractivity contribution in [1.82, 2.24) is 10.1 Å². The molecule has 1 unspecified atom stereocenters. The second-order valence-corrected chi connectivity index (χ2v) is 3.30. The predicted octanol–water partition coefficient (Wildman–Crippen LogP) is 0.802. The van der Waals surface area contributed by atoms with Crippen molar-refractivity contribution in [1.29, 1.82) is 0 Å². The molecule has 0 radical (unpaired) electrons. The van der Waals surface area contributed by atoms with Gasteiger partial charge in [0.05, 0.1) is 6.61 Å². The molecular formula is C9H15N3O3. The monoisotopic (exact) mass is 213 g/mol. The molecule has 15 heavy (non-hydrogen) atoms. The third-order valence-corrected chi connectivity index (χ3v) is 1.84. The van der Waals surface area contributed by atoms with Gasteiger partial charge in [-0.05, 0) is 19.0 Å². The van der Waals surface area contributed by atoms with Gasteiger partial charge in [0.15, 0.2) is 0 Å². The van der Waals surface area contributed by atoms with Crippen LogP contribution in [-0.4, -0.2) is 36.8 Å². The molecule has 1 heterocycles. The topological polar surface area (TPSA) is 68.5 Å². The summed E-state index contributed by atoms with van der Waals surface area (Å²) in [5.41, 5.74) is 0. The molecular weight excluding hydrogens is 198 g/mol. The van der Waals surface area contributed by atoms with Gasteiger partial charge < -0.3 is 14.2 Å². The maximum atomic E-state index is 11.4. The minimum absolute atomic E-state index is 0.275. The van der Waals surface area contributed by atoms with Crippen molar-refractivity contribution in [3.05, 3.63) is 5.89 Å². The average Bonchev–Trinajstić information content (AvgIpc) is 2.65. The molecule has 0 spiro atoms. The normalized spacial score (nSPS) is 12.3. The largest absolute Gasteiger partial charge is 0.465 e. The first-order valence-corrected chi connectivity index (χ1v) is 4.73. The number of hydrogen-bond acceptors (Lipinski definition) is 6. The Morgan fingerprint density at radius 2 is 2.27 bits per heavy atom. The van der Waals surface area contributed by atoms with E-state index in [1.165, 1.54) is 0 Å². The predicted molar refractivity (Wildman–Crippen MR) is 53.7 cm³/mol. The summed E-state index contributed by atoms with van der Waals surface area (Å²) >= 11 is 0. The number of aromatic nitrogens is 2. The Balaban J connectivity index is 2.73. The van der Waals surface area contributed by atoms with Gasteiger partial charge in [-0.1, -0.05) is 0 Å². The van der Waals surface area contributed by atoms with Gasteiger partial charge in [0, 0.05) is 14.1 Å². The van der Waals surface area contributed by atoms with Crippen LogP contribution in [0.2, 0.25) is 0 Å². The molecule has 1 aromatic rings. The minimum Gasteiger partial charge on any atom is -0.465 e. The average molecular weight is 213 g/mol. The minimum atomic E-state index is -0.522. The highest BCUT2D eigenvalue weighted by Gasteiger charge is 2.23. The zero-order chi connectivity index (χ0) is 11.4. The van der Waals surface area contributed by atoms with E-state index in [9.17, 15) is 4.79 Å². The molecule has 0 amide bonds. The van der Waals surface area contributed by atoms with Crippen LogP contribution in [0.4, 0.5) is 5.95 Å². The molecule has 0 saturated carbocycles. The number of esters is 1. The first kappa shape index (κ1) is 11.5. The lowest BCUT2D eigenvalue weighted by atomic mass is 10.2. The molecule has 6 nitrogen and oxygen atoms in total. The van der Waals surface area contributed by atoms with Crippen molar-refractivity contribution in [2.24, 2.45) is 0 Å². The standard InChI is InChI=1S/C9H15N3O3/c1-5-14-8(13)6(2)7-10-9(11-15-7)12(3)4/h6H,5H2,1-4H3. The van der Waals surface area contributed by atoms with Gasteiger partial charge in [0.25, 0.3) is 5.95 Å². The Bertz CT molecular complexity index is 335. The fraction of sp³-hybridized carbons (Fsp3) is 0.667. The van der Waals surface area contributed by atoms with Crippen LogP contribution in [0.15, 0.2) is 4.52 Å². The summed E-state index contributed by atoms with van der Waals surface area (Å²) in [5, 5.41) is 3.71. The highest BCUT2D eigenvalue weighted by molar-refractivity contribution is 5.76. The highest BCUT2D eigenvalue weighted by atomic mass is 16.5. The number of rotatable bonds is 4. The fourth-order valence-electron chi connectivity index (χ4n) is 0.953. The van der Waals surface area contributed by atoms with Crippen molar-refractivity contribution >= 4 is 11.9 Å². The maximum Gasteiger partial charge on any atom is 0.318 e. The lowest BCUT2D eigenvalue weighted by Crippen LogP contribution is -2.14. The lowest BCUT2D eigenvalue weighted by Gasteiger charge is -2.05. The van der Waals surface area contributed by atoms with Gasteiger partial charge in [-0.2, -0.15) is 4.98 Å². The summed E-state index contributed by atoms with van der Waals surface area (Å²) in [6.07, 6.45) is 0. The Morgan fingerprint density at radius 1 is 1.60 bits per heavy atom. The van der Waals surface area contributed by atoms with E-state index in [1.807, 2.05) is 0 Å². The third-order valence-electron chi connectivity index (χ3n) is 1.84. The van der Waals surface area contributed by atoms with Crippen LogP contribution in [0.5, 0.6) is 0 Å². The van der Waals surface area contributed by atoms with E-state index < -0.39 is 5.92 Å². The van der Waals surface area contributed by atoms with E-state index in [1.54, 1.807) is 32.8 Å². The SMILES string of the molecule is CCOC(=O)C(C)c1nc(N(C)C)no1. The third kappa shape index (κ3) is 2.68. The molecule has 0 aliphatic rings. The molecule has 6 heteroatoms. The highest BCUT2D eigenvalue weighted by Crippen LogP contribution is 2.16. The summed E-state index contributed by atoms with van der Waals surface area (Å²) in [5.74, 6) is -0.157. The number of ether oxygens (including phenoxy) is 1. The van der Waals surface area contributed by atoms with Gasteiger partial charge in [-0.15, -0.1) is 0 Å². The summed E-state index contributed by atoms with van der Waals surface area (Å²) in [4.78, 5) is 17.1. The van der Waals surface area contributed by atoms with Crippen LogP contribution >= 0.6 is 0 Å². The van der Waals surface area contributed by atoms with Gasteiger partial charge >= 0.3 is 5.97 Å². The lowest BCUT2D eigenvalue weighted by molar-refractivity contribution is -0.145. The summed E-state index contributed by atoms with van der Waals surface area (Å²) < 4.78 is 9.80. The van der Waals surface area contributed by atoms with E-state index in [4.69, 9.17) is 9.26 Å². The maximum absolute atomic E-state index is 11.4. The fourth-order valence-corrected chi connectivity index (χ4v) is 0.953. The Kier molecular flexibility index (Phi) is 3.65. The van der Waals surface area contributed by atoms with Crippen LogP contribution in [-0.2, 0) is 9.53 Å². The zero-order valence-electron chi connectivity index (χ0n) is 9.35. The Morgan fingerprint density at radius 3 is 2.73 bits per heavy atom. The van der Waals surface area contributed by atoms with Crippen LogP contribution < -0.4 is 4.90 Å². The second-order valence-electron chi connectivity index (χ2n) is 3.30. The first-order valence-electron chi connectivity index (χ1n) is 4.73. The molecule has 0 aromatic carbocycles. The van der Waals surface area contributed by atoms with Crippen molar-refractivity contribution in [3.63, 3.8) is 0 Å². The quantitative estimate of drug-likeness (QED) is 0.689. The van der Waals surface area contributed by atoms with E-state index in [0.717, 1.165) is 0 Å². The van der Waals surface area contributed by atoms with Crippen molar-refractivity contribution in [3.8, 4) is 0 Å². The van der Waals surface area contributed by atoms with E-state index in [-0.39, 0.29) is 11.9 Å². The summed E-state index contributed by atoms with van der Waals surface area (Å²) in [6.45, 7) is 3.77. The van der Waals surface area contributed by atoms with Crippen LogP contribution in [0.1, 0.15) is 25.7 Å². The number of carbonyl (C=O) groups excluding carboxylic acids is 1. The van der Waals surface area contributed by atoms with Crippen molar-refractivity contribution in [2.75, 3.05) is 25.6 Å². The number of hydrogen-bond donors (Lipinski definition) is 0. The summed E-state index contributed by atoms with van der Waals surface area (Å²) in [7, 11) is 3.59. The van der Waals surface area contributed by atoms with Gasteiger partial charge in [-0.25, -0.2) is 0 Å². The number of anilines is 1. The molecule has 84 valence electrons. The number of carbonyl (C=O) groups is 1. The van der Waals surface area contributed by atoms with Crippen LogP contribution in [0.3, 0.4) is 0 Å². The Labute approximate surface area is 88.2 Å². The molecule has 1 atom stereocenters. The van der Waals surface area contributed by atoms with E-state index in [2.05, 4.69) is 10.1 Å². The first-order chi connectivity index (χ1) is 7.06. The number of nitrogens with zero attached hydrogens (tertiary/aromatic N) is 3. The zero-order valence-corrected chi connectivity index (χ0v) is 9.35. The molecule has 0 saturated heterocycles. The van der Waals surface area contributed by atoms with Gasteiger partial charge in [0.1, 0.15) is 5.92 Å². The molecule has 0 aliphatic heterocycles. The Hall–Kier alpha value is -1.59. The second kappa shape index (κ2) is 4.77. The van der Waals surface area contributed by atoms with Crippen LogP contribution in [0, 0.1) is 0 Å². The molecule has 1 rings (SSSR count). The summed E-state index contributed by atoms with van der Waals surface area (Å²) in [6, 6.07) is 0. The molecule has 0 aliphatic carbocycles. The van der Waals surface area contributed by atoms with Crippen molar-refractivity contribution < 1.29 is 14.1 Å².